The van der Waals surface area contributed by atoms with Crippen LogP contribution < -0.4 is 0 Å². The number of rotatable bonds is 1. The molecule has 1 heterocycles. The minimum Gasteiger partial charge on any atom is -0.351 e. The molecule has 1 aromatic heterocycles. The standard InChI is InChI=1S/C5H6N2O2.C2H6/c1-6-3-2-5(4-6)7(8)9;1-2/h2-4H,1H3;1-2H3. The topological polar surface area (TPSA) is 48.1 Å². The number of nitro groups is 1. The van der Waals surface area contributed by atoms with Crippen molar-refractivity contribution in [3.8, 4) is 0 Å². The maximum atomic E-state index is 10.0. The fourth-order valence-corrected chi connectivity index (χ4v) is 0.597. The average molecular weight is 156 g/mol. The van der Waals surface area contributed by atoms with Gasteiger partial charge in [0.05, 0.1) is 11.1 Å². The van der Waals surface area contributed by atoms with E-state index in [4.69, 9.17) is 0 Å². The lowest BCUT2D eigenvalue weighted by Crippen LogP contribution is -1.84. The summed E-state index contributed by atoms with van der Waals surface area (Å²) in [7, 11) is 1.74. The van der Waals surface area contributed by atoms with Gasteiger partial charge in [0.1, 0.15) is 0 Å². The highest BCUT2D eigenvalue weighted by Gasteiger charge is 2.03. The normalized spacial score (nSPS) is 8.27. The first-order chi connectivity index (χ1) is 5.20. The first kappa shape index (κ1) is 9.68. The van der Waals surface area contributed by atoms with Crippen molar-refractivity contribution in [3.05, 3.63) is 28.6 Å². The molecule has 0 unspecified atom stereocenters. The molecule has 1 aromatic rings. The molecule has 4 heteroatoms. The minimum atomic E-state index is -0.417. The van der Waals surface area contributed by atoms with Gasteiger partial charge in [-0.15, -0.1) is 0 Å². The van der Waals surface area contributed by atoms with Gasteiger partial charge in [0.15, 0.2) is 0 Å². The van der Waals surface area contributed by atoms with Crippen LogP contribution in [0, 0.1) is 10.1 Å². The van der Waals surface area contributed by atoms with Gasteiger partial charge in [0.2, 0.25) is 0 Å². The molecular weight excluding hydrogens is 144 g/mol. The van der Waals surface area contributed by atoms with Gasteiger partial charge in [-0.2, -0.15) is 0 Å². The highest BCUT2D eigenvalue weighted by atomic mass is 16.6. The van der Waals surface area contributed by atoms with Crippen molar-refractivity contribution in [2.75, 3.05) is 0 Å². The molecule has 0 radical (unpaired) electrons. The largest absolute Gasteiger partial charge is 0.351 e. The van der Waals surface area contributed by atoms with Crippen molar-refractivity contribution in [1.29, 1.82) is 0 Å². The fraction of sp³-hybridized carbons (Fsp3) is 0.429. The van der Waals surface area contributed by atoms with E-state index in [9.17, 15) is 10.1 Å². The van der Waals surface area contributed by atoms with Gasteiger partial charge in [-0.3, -0.25) is 10.1 Å². The van der Waals surface area contributed by atoms with Gasteiger partial charge in [0, 0.05) is 19.3 Å². The first-order valence-corrected chi connectivity index (χ1v) is 3.46. The smallest absolute Gasteiger partial charge is 0.286 e. The number of aryl methyl sites for hydroxylation is 1. The second kappa shape index (κ2) is 4.49. The molecule has 62 valence electrons. The molecule has 0 aliphatic rings. The summed E-state index contributed by atoms with van der Waals surface area (Å²) in [6.07, 6.45) is 3.10. The first-order valence-electron chi connectivity index (χ1n) is 3.46. The number of hydrogen-bond acceptors (Lipinski definition) is 2. The van der Waals surface area contributed by atoms with Gasteiger partial charge in [-0.1, -0.05) is 13.8 Å². The van der Waals surface area contributed by atoms with Crippen molar-refractivity contribution < 1.29 is 4.92 Å². The molecule has 0 saturated carbocycles. The summed E-state index contributed by atoms with van der Waals surface area (Å²) in [6, 6.07) is 1.46. The Kier molecular flexibility index (Phi) is 3.95. The third-order valence-corrected chi connectivity index (χ3v) is 1.03. The van der Waals surface area contributed by atoms with Crippen molar-refractivity contribution in [2.24, 2.45) is 7.05 Å². The SMILES string of the molecule is CC.Cn1ccc([N+](=O)[O-])c1. The molecule has 0 aromatic carbocycles. The summed E-state index contributed by atoms with van der Waals surface area (Å²) in [5.74, 6) is 0. The molecule has 4 nitrogen and oxygen atoms in total. The Morgan fingerprint density at radius 1 is 1.55 bits per heavy atom. The molecule has 11 heavy (non-hydrogen) atoms. The molecule has 0 fully saturated rings. The van der Waals surface area contributed by atoms with E-state index in [1.54, 1.807) is 17.8 Å². The summed E-state index contributed by atoms with van der Waals surface area (Å²) in [5.41, 5.74) is 0.137. The highest BCUT2D eigenvalue weighted by Crippen LogP contribution is 2.08. The Balaban J connectivity index is 0.000000461. The lowest BCUT2D eigenvalue weighted by Gasteiger charge is -1.81. The van der Waals surface area contributed by atoms with Crippen LogP contribution in [0.5, 0.6) is 0 Å². The van der Waals surface area contributed by atoms with E-state index in [0.717, 1.165) is 0 Å². The van der Waals surface area contributed by atoms with Gasteiger partial charge in [0.25, 0.3) is 5.69 Å². The second-order valence-corrected chi connectivity index (χ2v) is 1.79. The van der Waals surface area contributed by atoms with Gasteiger partial charge < -0.3 is 4.57 Å². The van der Waals surface area contributed by atoms with Gasteiger partial charge in [-0.25, -0.2) is 0 Å². The second-order valence-electron chi connectivity index (χ2n) is 1.79. The molecular formula is C7H12N2O2. The van der Waals surface area contributed by atoms with Crippen LogP contribution in [0.3, 0.4) is 0 Å². The van der Waals surface area contributed by atoms with E-state index >= 15 is 0 Å². The Bertz CT molecular complexity index is 230. The third kappa shape index (κ3) is 2.84. The lowest BCUT2D eigenvalue weighted by molar-refractivity contribution is -0.384. The highest BCUT2D eigenvalue weighted by molar-refractivity contribution is 5.25. The van der Waals surface area contributed by atoms with Crippen LogP contribution in [-0.4, -0.2) is 9.49 Å². The average Bonchev–Trinajstić information content (AvgIpc) is 2.40. The molecule has 0 atom stereocenters. The zero-order chi connectivity index (χ0) is 8.85. The monoisotopic (exact) mass is 156 g/mol. The van der Waals surface area contributed by atoms with Crippen molar-refractivity contribution in [3.63, 3.8) is 0 Å². The van der Waals surface area contributed by atoms with Crippen LogP contribution >= 0.6 is 0 Å². The molecule has 0 saturated heterocycles. The maximum absolute atomic E-state index is 10.0. The lowest BCUT2D eigenvalue weighted by atomic mass is 10.6. The van der Waals surface area contributed by atoms with Crippen LogP contribution in [-0.2, 0) is 7.05 Å². The zero-order valence-electron chi connectivity index (χ0n) is 6.94. The molecule has 0 bridgehead atoms. The number of aromatic nitrogens is 1. The molecule has 1 rings (SSSR count). The summed E-state index contributed by atoms with van der Waals surface area (Å²) < 4.78 is 1.64. The van der Waals surface area contributed by atoms with Crippen LogP contribution in [0.15, 0.2) is 18.5 Å². The van der Waals surface area contributed by atoms with Crippen molar-refractivity contribution >= 4 is 5.69 Å². The Hall–Kier alpha value is -1.32. The number of nitrogens with zero attached hydrogens (tertiary/aromatic N) is 2. The minimum absolute atomic E-state index is 0.137. The summed E-state index contributed by atoms with van der Waals surface area (Å²) >= 11 is 0. The van der Waals surface area contributed by atoms with Gasteiger partial charge >= 0.3 is 0 Å². The maximum Gasteiger partial charge on any atom is 0.286 e. The van der Waals surface area contributed by atoms with E-state index in [-0.39, 0.29) is 5.69 Å². The van der Waals surface area contributed by atoms with Gasteiger partial charge in [-0.05, 0) is 0 Å². The molecule has 0 spiro atoms. The van der Waals surface area contributed by atoms with Crippen LogP contribution in [0.25, 0.3) is 0 Å². The summed E-state index contributed by atoms with van der Waals surface area (Å²) in [6.45, 7) is 4.00. The molecule has 0 aliphatic heterocycles. The van der Waals surface area contributed by atoms with Crippen LogP contribution in [0.2, 0.25) is 0 Å². The Morgan fingerprint density at radius 2 is 2.09 bits per heavy atom. The summed E-state index contributed by atoms with van der Waals surface area (Å²) in [5, 5.41) is 10.0. The fourth-order valence-electron chi connectivity index (χ4n) is 0.597. The zero-order valence-corrected chi connectivity index (χ0v) is 6.94. The third-order valence-electron chi connectivity index (χ3n) is 1.03. The van der Waals surface area contributed by atoms with Crippen molar-refractivity contribution in [1.82, 2.24) is 4.57 Å². The summed E-state index contributed by atoms with van der Waals surface area (Å²) in [4.78, 5) is 9.59. The van der Waals surface area contributed by atoms with E-state index < -0.39 is 4.92 Å². The van der Waals surface area contributed by atoms with E-state index in [1.807, 2.05) is 13.8 Å². The van der Waals surface area contributed by atoms with E-state index in [0.29, 0.717) is 0 Å². The Labute approximate surface area is 65.6 Å². The molecule has 0 aliphatic carbocycles. The van der Waals surface area contributed by atoms with E-state index in [1.165, 1.54) is 12.3 Å². The molecule has 0 N–H and O–H groups in total. The van der Waals surface area contributed by atoms with Crippen LogP contribution in [0.4, 0.5) is 5.69 Å². The predicted octanol–water partition coefficient (Wildman–Crippen LogP) is 1.96. The predicted molar refractivity (Wildman–Crippen MR) is 43.4 cm³/mol. The molecule has 0 amide bonds. The number of hydrogen-bond donors (Lipinski definition) is 0. The van der Waals surface area contributed by atoms with Crippen molar-refractivity contribution in [2.45, 2.75) is 13.8 Å². The quantitative estimate of drug-likeness (QED) is 0.461. The van der Waals surface area contributed by atoms with Crippen LogP contribution in [0.1, 0.15) is 13.8 Å². The Morgan fingerprint density at radius 3 is 2.27 bits per heavy atom. The van der Waals surface area contributed by atoms with E-state index in [2.05, 4.69) is 0 Å².